The molecule has 0 fully saturated rings. The summed E-state index contributed by atoms with van der Waals surface area (Å²) in [5.41, 5.74) is 1.96. The van der Waals surface area contributed by atoms with E-state index in [0.29, 0.717) is 27.8 Å². The molecule has 0 aliphatic heterocycles. The standard InChI is InChI=1S/C14H9ClN4O/c1-20-12-6-10(15)3-4-11(12)14-18-17-13-5-2-9(7-16)8-19(13)14/h2-6,8H,1H3. The number of pyridine rings is 1. The first kappa shape index (κ1) is 12.5. The molecule has 0 saturated heterocycles. The van der Waals surface area contributed by atoms with Crippen LogP contribution in [0.1, 0.15) is 5.56 Å². The van der Waals surface area contributed by atoms with Crippen LogP contribution in [0.3, 0.4) is 0 Å². The lowest BCUT2D eigenvalue weighted by Crippen LogP contribution is -1.94. The van der Waals surface area contributed by atoms with Crippen molar-refractivity contribution in [1.29, 1.82) is 5.26 Å². The maximum atomic E-state index is 8.99. The number of fused-ring (bicyclic) bond motifs is 1. The Labute approximate surface area is 120 Å². The second-order valence-electron chi connectivity index (χ2n) is 4.13. The van der Waals surface area contributed by atoms with E-state index >= 15 is 0 Å². The Kier molecular flexibility index (Phi) is 3.01. The van der Waals surface area contributed by atoms with Gasteiger partial charge in [-0.15, -0.1) is 10.2 Å². The SMILES string of the molecule is COc1cc(Cl)ccc1-c1nnc2ccc(C#N)cn12. The largest absolute Gasteiger partial charge is 0.496 e. The molecule has 0 spiro atoms. The molecule has 5 nitrogen and oxygen atoms in total. The Morgan fingerprint density at radius 2 is 2.10 bits per heavy atom. The summed E-state index contributed by atoms with van der Waals surface area (Å²) in [6.07, 6.45) is 1.69. The average molecular weight is 285 g/mol. The van der Waals surface area contributed by atoms with Gasteiger partial charge in [-0.3, -0.25) is 4.40 Å². The van der Waals surface area contributed by atoms with Crippen LogP contribution >= 0.6 is 11.6 Å². The number of methoxy groups -OCH3 is 1. The number of nitriles is 1. The van der Waals surface area contributed by atoms with Gasteiger partial charge in [-0.05, 0) is 30.3 Å². The van der Waals surface area contributed by atoms with Crippen molar-refractivity contribution in [2.45, 2.75) is 0 Å². The van der Waals surface area contributed by atoms with Gasteiger partial charge in [-0.2, -0.15) is 5.26 Å². The van der Waals surface area contributed by atoms with E-state index in [-0.39, 0.29) is 0 Å². The van der Waals surface area contributed by atoms with Gasteiger partial charge in [-0.1, -0.05) is 11.6 Å². The molecule has 1 aromatic carbocycles. The van der Waals surface area contributed by atoms with Crippen molar-refractivity contribution in [3.63, 3.8) is 0 Å². The summed E-state index contributed by atoms with van der Waals surface area (Å²) in [5.74, 6) is 1.21. The molecule has 0 bridgehead atoms. The first-order valence-corrected chi connectivity index (χ1v) is 6.19. The van der Waals surface area contributed by atoms with Gasteiger partial charge >= 0.3 is 0 Å². The minimum absolute atomic E-state index is 0.534. The molecule has 0 radical (unpaired) electrons. The molecule has 2 heterocycles. The Morgan fingerprint density at radius 1 is 1.25 bits per heavy atom. The summed E-state index contributed by atoms with van der Waals surface area (Å²) in [6.45, 7) is 0. The molecule has 98 valence electrons. The molecule has 0 saturated carbocycles. The molecule has 0 N–H and O–H groups in total. The fourth-order valence-electron chi connectivity index (χ4n) is 1.99. The first-order valence-electron chi connectivity index (χ1n) is 5.81. The van der Waals surface area contributed by atoms with E-state index in [4.69, 9.17) is 21.6 Å². The van der Waals surface area contributed by atoms with E-state index in [1.165, 1.54) is 0 Å². The van der Waals surface area contributed by atoms with E-state index < -0.39 is 0 Å². The minimum atomic E-state index is 0.534. The van der Waals surface area contributed by atoms with Crippen molar-refractivity contribution < 1.29 is 4.74 Å². The molecular formula is C14H9ClN4O. The summed E-state index contributed by atoms with van der Waals surface area (Å²) in [7, 11) is 1.57. The fourth-order valence-corrected chi connectivity index (χ4v) is 2.15. The van der Waals surface area contributed by atoms with Crippen LogP contribution in [0, 0.1) is 11.3 Å². The molecule has 0 aliphatic carbocycles. The van der Waals surface area contributed by atoms with Gasteiger partial charge in [-0.25, -0.2) is 0 Å². The van der Waals surface area contributed by atoms with Crippen molar-refractivity contribution in [2.75, 3.05) is 7.11 Å². The van der Waals surface area contributed by atoms with Crippen LogP contribution in [0.4, 0.5) is 0 Å². The molecule has 6 heteroatoms. The zero-order chi connectivity index (χ0) is 14.1. The quantitative estimate of drug-likeness (QED) is 0.726. The molecule has 0 unspecified atom stereocenters. The van der Waals surface area contributed by atoms with Gasteiger partial charge in [0.15, 0.2) is 11.5 Å². The highest BCUT2D eigenvalue weighted by molar-refractivity contribution is 6.30. The molecule has 3 aromatic rings. The molecule has 2 aromatic heterocycles. The number of benzene rings is 1. The van der Waals surface area contributed by atoms with Crippen molar-refractivity contribution in [3.05, 3.63) is 47.1 Å². The second kappa shape index (κ2) is 4.83. The molecule has 0 amide bonds. The molecule has 0 aliphatic rings. The van der Waals surface area contributed by atoms with Crippen molar-refractivity contribution in [2.24, 2.45) is 0 Å². The van der Waals surface area contributed by atoms with Crippen molar-refractivity contribution in [1.82, 2.24) is 14.6 Å². The zero-order valence-electron chi connectivity index (χ0n) is 10.5. The molecule has 20 heavy (non-hydrogen) atoms. The molecule has 3 rings (SSSR count). The van der Waals surface area contributed by atoms with Crippen LogP contribution in [0.25, 0.3) is 17.0 Å². The van der Waals surface area contributed by atoms with Crippen LogP contribution in [-0.4, -0.2) is 21.7 Å². The van der Waals surface area contributed by atoms with E-state index in [2.05, 4.69) is 16.3 Å². The molecule has 0 atom stereocenters. The highest BCUT2D eigenvalue weighted by Gasteiger charge is 2.13. The zero-order valence-corrected chi connectivity index (χ0v) is 11.3. The van der Waals surface area contributed by atoms with Crippen molar-refractivity contribution in [3.8, 4) is 23.2 Å². The third kappa shape index (κ3) is 1.96. The van der Waals surface area contributed by atoms with Gasteiger partial charge < -0.3 is 4.74 Å². The minimum Gasteiger partial charge on any atom is -0.496 e. The number of rotatable bonds is 2. The Hall–Kier alpha value is -2.58. The fraction of sp³-hybridized carbons (Fsp3) is 0.0714. The lowest BCUT2D eigenvalue weighted by atomic mass is 10.2. The lowest BCUT2D eigenvalue weighted by molar-refractivity contribution is 0.416. The smallest absolute Gasteiger partial charge is 0.172 e. The number of hydrogen-bond acceptors (Lipinski definition) is 4. The van der Waals surface area contributed by atoms with Crippen LogP contribution < -0.4 is 4.74 Å². The Bertz CT molecular complexity index is 835. The third-order valence-corrected chi connectivity index (χ3v) is 3.17. The van der Waals surface area contributed by atoms with Gasteiger partial charge in [0.05, 0.1) is 18.2 Å². The Morgan fingerprint density at radius 3 is 2.85 bits per heavy atom. The first-order chi connectivity index (χ1) is 9.72. The monoisotopic (exact) mass is 284 g/mol. The number of aromatic nitrogens is 3. The second-order valence-corrected chi connectivity index (χ2v) is 4.56. The van der Waals surface area contributed by atoms with E-state index in [0.717, 1.165) is 5.56 Å². The van der Waals surface area contributed by atoms with E-state index in [9.17, 15) is 0 Å². The van der Waals surface area contributed by atoms with E-state index in [1.54, 1.807) is 42.0 Å². The topological polar surface area (TPSA) is 63.2 Å². The molecular weight excluding hydrogens is 276 g/mol. The van der Waals surface area contributed by atoms with Gasteiger partial charge in [0.2, 0.25) is 0 Å². The van der Waals surface area contributed by atoms with Gasteiger partial charge in [0, 0.05) is 11.2 Å². The van der Waals surface area contributed by atoms with Gasteiger partial charge in [0.25, 0.3) is 0 Å². The average Bonchev–Trinajstić information content (AvgIpc) is 2.89. The van der Waals surface area contributed by atoms with Crippen LogP contribution in [0.15, 0.2) is 36.5 Å². The number of ether oxygens (including phenoxy) is 1. The van der Waals surface area contributed by atoms with Gasteiger partial charge in [0.1, 0.15) is 11.8 Å². The van der Waals surface area contributed by atoms with Crippen molar-refractivity contribution >= 4 is 17.2 Å². The summed E-state index contributed by atoms with van der Waals surface area (Å²) in [5, 5.41) is 17.8. The predicted molar refractivity (Wildman–Crippen MR) is 74.7 cm³/mol. The number of nitrogens with zero attached hydrogens (tertiary/aromatic N) is 4. The normalized spacial score (nSPS) is 10.4. The van der Waals surface area contributed by atoms with E-state index in [1.807, 2.05) is 6.07 Å². The number of hydrogen-bond donors (Lipinski definition) is 0. The maximum Gasteiger partial charge on any atom is 0.172 e. The lowest BCUT2D eigenvalue weighted by Gasteiger charge is -2.07. The van der Waals surface area contributed by atoms with Crippen LogP contribution in [-0.2, 0) is 0 Å². The highest BCUT2D eigenvalue weighted by atomic mass is 35.5. The summed E-state index contributed by atoms with van der Waals surface area (Å²) in [6, 6.07) is 10.8. The predicted octanol–water partition coefficient (Wildman–Crippen LogP) is 2.93. The highest BCUT2D eigenvalue weighted by Crippen LogP contribution is 2.31. The summed E-state index contributed by atoms with van der Waals surface area (Å²) >= 11 is 5.96. The summed E-state index contributed by atoms with van der Waals surface area (Å²) < 4.78 is 7.08. The van der Waals surface area contributed by atoms with Crippen LogP contribution in [0.5, 0.6) is 5.75 Å². The number of halogens is 1. The van der Waals surface area contributed by atoms with Crippen LogP contribution in [0.2, 0.25) is 5.02 Å². The third-order valence-electron chi connectivity index (χ3n) is 2.94. The Balaban J connectivity index is 2.27. The maximum absolute atomic E-state index is 8.99. The summed E-state index contributed by atoms with van der Waals surface area (Å²) in [4.78, 5) is 0.